The Hall–Kier alpha value is -3.91. The quantitative estimate of drug-likeness (QED) is 0.282. The van der Waals surface area contributed by atoms with Crippen LogP contribution in [0.15, 0.2) is 69.9 Å². The second kappa shape index (κ2) is 9.93. The zero-order chi connectivity index (χ0) is 24.2. The van der Waals surface area contributed by atoms with Gasteiger partial charge in [0.2, 0.25) is 0 Å². The number of hydrogen-bond acceptors (Lipinski definition) is 7. The van der Waals surface area contributed by atoms with E-state index in [9.17, 15) is 14.4 Å². The first-order valence-electron chi connectivity index (χ1n) is 10.7. The number of carbonyl (C=O) groups excluding carboxylic acids is 2. The van der Waals surface area contributed by atoms with E-state index < -0.39 is 23.6 Å². The molecule has 174 valence electrons. The van der Waals surface area contributed by atoms with Gasteiger partial charge >= 0.3 is 11.6 Å². The first-order valence-corrected chi connectivity index (χ1v) is 11.6. The third-order valence-electron chi connectivity index (χ3n) is 5.13. The molecule has 2 aromatic carbocycles. The van der Waals surface area contributed by atoms with Crippen LogP contribution in [0.25, 0.3) is 21.4 Å². The topological polar surface area (TPSA) is 94.8 Å². The van der Waals surface area contributed by atoms with Crippen molar-refractivity contribution in [2.45, 2.75) is 26.9 Å². The number of esters is 1. The van der Waals surface area contributed by atoms with Gasteiger partial charge < -0.3 is 19.2 Å². The van der Waals surface area contributed by atoms with Crippen LogP contribution in [0.1, 0.15) is 29.8 Å². The Morgan fingerprint density at radius 3 is 2.59 bits per heavy atom. The fourth-order valence-electron chi connectivity index (χ4n) is 3.44. The van der Waals surface area contributed by atoms with Crippen molar-refractivity contribution in [1.82, 2.24) is 0 Å². The second-order valence-corrected chi connectivity index (χ2v) is 8.65. The molecule has 4 rings (SSSR count). The minimum atomic E-state index is -0.883. The number of rotatable bonds is 7. The first kappa shape index (κ1) is 23.3. The number of hydrogen-bond donors (Lipinski definition) is 1. The molecule has 0 saturated heterocycles. The maximum Gasteiger partial charge on any atom is 0.341 e. The summed E-state index contributed by atoms with van der Waals surface area (Å²) in [5.41, 5.74) is 1.93. The van der Waals surface area contributed by atoms with Gasteiger partial charge in [-0.15, -0.1) is 11.3 Å². The van der Waals surface area contributed by atoms with Crippen LogP contribution in [0.3, 0.4) is 0 Å². The molecule has 7 nitrogen and oxygen atoms in total. The Bertz CT molecular complexity index is 1410. The van der Waals surface area contributed by atoms with E-state index in [1.54, 1.807) is 38.1 Å². The lowest BCUT2D eigenvalue weighted by atomic mass is 10.1. The molecule has 0 bridgehead atoms. The second-order valence-electron chi connectivity index (χ2n) is 7.60. The van der Waals surface area contributed by atoms with Gasteiger partial charge in [0.15, 0.2) is 6.10 Å². The smallest absolute Gasteiger partial charge is 0.341 e. The molecule has 1 N–H and O–H groups in total. The van der Waals surface area contributed by atoms with E-state index in [4.69, 9.17) is 13.9 Å². The summed E-state index contributed by atoms with van der Waals surface area (Å²) in [6.07, 6.45) is -0.883. The van der Waals surface area contributed by atoms with Gasteiger partial charge in [0.05, 0.1) is 12.2 Å². The highest BCUT2D eigenvalue weighted by molar-refractivity contribution is 7.20. The number of ether oxygens (including phenoxy) is 2. The van der Waals surface area contributed by atoms with Crippen molar-refractivity contribution < 1.29 is 23.5 Å². The average Bonchev–Trinajstić information content (AvgIpc) is 3.23. The van der Waals surface area contributed by atoms with Crippen molar-refractivity contribution in [2.75, 3.05) is 11.9 Å². The Morgan fingerprint density at radius 2 is 1.85 bits per heavy atom. The molecule has 2 heterocycles. The third kappa shape index (κ3) is 5.02. The Morgan fingerprint density at radius 1 is 1.09 bits per heavy atom. The molecule has 8 heteroatoms. The number of anilines is 1. The monoisotopic (exact) mass is 477 g/mol. The molecular weight excluding hydrogens is 454 g/mol. The van der Waals surface area contributed by atoms with Crippen LogP contribution in [0.2, 0.25) is 0 Å². The molecule has 4 aromatic rings. The molecule has 0 saturated carbocycles. The molecule has 0 aliphatic heterocycles. The van der Waals surface area contributed by atoms with Gasteiger partial charge in [0, 0.05) is 22.4 Å². The summed E-state index contributed by atoms with van der Waals surface area (Å²) in [5.74, 6) is -0.562. The van der Waals surface area contributed by atoms with Crippen molar-refractivity contribution in [1.29, 1.82) is 0 Å². The summed E-state index contributed by atoms with van der Waals surface area (Å²) in [6.45, 7) is 5.37. The number of amides is 1. The van der Waals surface area contributed by atoms with E-state index in [1.165, 1.54) is 17.4 Å². The van der Waals surface area contributed by atoms with E-state index in [2.05, 4.69) is 5.32 Å². The first-order chi connectivity index (χ1) is 16.4. The fourth-order valence-corrected chi connectivity index (χ4v) is 4.49. The summed E-state index contributed by atoms with van der Waals surface area (Å²) >= 11 is 1.29. The summed E-state index contributed by atoms with van der Waals surface area (Å²) in [4.78, 5) is 37.9. The van der Waals surface area contributed by atoms with Gasteiger partial charge in [-0.2, -0.15) is 0 Å². The Labute approximate surface area is 199 Å². The molecule has 0 radical (unpaired) electrons. The lowest BCUT2D eigenvalue weighted by molar-refractivity contribution is -0.122. The normalized spacial score (nSPS) is 11.7. The predicted octanol–water partition coefficient (Wildman–Crippen LogP) is 5.41. The van der Waals surface area contributed by atoms with Crippen molar-refractivity contribution in [3.05, 3.63) is 82.2 Å². The van der Waals surface area contributed by atoms with Gasteiger partial charge in [-0.3, -0.25) is 4.79 Å². The Kier molecular flexibility index (Phi) is 6.79. The molecule has 0 spiro atoms. The number of nitrogens with one attached hydrogen (secondary N) is 1. The Balaban J connectivity index is 1.55. The van der Waals surface area contributed by atoms with E-state index in [0.717, 1.165) is 21.4 Å². The highest BCUT2D eigenvalue weighted by Gasteiger charge is 2.23. The van der Waals surface area contributed by atoms with E-state index >= 15 is 0 Å². The molecule has 0 unspecified atom stereocenters. The van der Waals surface area contributed by atoms with Crippen LogP contribution in [0.4, 0.5) is 5.00 Å². The van der Waals surface area contributed by atoms with E-state index in [0.29, 0.717) is 16.3 Å². The summed E-state index contributed by atoms with van der Waals surface area (Å²) in [5, 5.41) is 3.97. The van der Waals surface area contributed by atoms with Crippen LogP contribution in [0, 0.1) is 6.92 Å². The van der Waals surface area contributed by atoms with Gasteiger partial charge in [-0.05, 0) is 50.1 Å². The number of carbonyl (C=O) groups is 2. The number of fused-ring (bicyclic) bond motifs is 1. The zero-order valence-electron chi connectivity index (χ0n) is 18.9. The summed E-state index contributed by atoms with van der Waals surface area (Å²) in [7, 11) is 0. The van der Waals surface area contributed by atoms with Crippen LogP contribution in [0.5, 0.6) is 5.75 Å². The standard InChI is InChI=1S/C26H23NO6S/c1-4-31-26(30)20-14-22(17-8-6-5-7-9-17)34-25(20)27-24(29)16(3)32-18-10-11-19-15(2)12-23(28)33-21(19)13-18/h5-14,16H,4H2,1-3H3,(H,27,29)/t16-/m0/s1. The maximum atomic E-state index is 12.9. The van der Waals surface area contributed by atoms with Gasteiger partial charge in [0.25, 0.3) is 5.91 Å². The zero-order valence-corrected chi connectivity index (χ0v) is 19.7. The SMILES string of the molecule is CCOC(=O)c1cc(-c2ccccc2)sc1NC(=O)[C@H](C)Oc1ccc2c(C)cc(=O)oc2c1. The maximum absolute atomic E-state index is 12.9. The number of thiophene rings is 1. The van der Waals surface area contributed by atoms with Crippen molar-refractivity contribution >= 4 is 39.2 Å². The van der Waals surface area contributed by atoms with Crippen molar-refractivity contribution in [3.8, 4) is 16.2 Å². The average molecular weight is 478 g/mol. The van der Waals surface area contributed by atoms with E-state index in [1.807, 2.05) is 37.3 Å². The van der Waals surface area contributed by atoms with Crippen LogP contribution in [-0.2, 0) is 9.53 Å². The molecule has 0 fully saturated rings. The van der Waals surface area contributed by atoms with Crippen LogP contribution >= 0.6 is 11.3 Å². The van der Waals surface area contributed by atoms with Gasteiger partial charge in [0.1, 0.15) is 16.3 Å². The van der Waals surface area contributed by atoms with Crippen LogP contribution < -0.4 is 15.7 Å². The minimum Gasteiger partial charge on any atom is -0.481 e. The van der Waals surface area contributed by atoms with Gasteiger partial charge in [-0.25, -0.2) is 9.59 Å². The number of benzene rings is 2. The molecule has 0 aliphatic rings. The lowest BCUT2D eigenvalue weighted by Crippen LogP contribution is -2.30. The third-order valence-corrected chi connectivity index (χ3v) is 6.23. The van der Waals surface area contributed by atoms with Crippen molar-refractivity contribution in [2.24, 2.45) is 0 Å². The predicted molar refractivity (Wildman–Crippen MR) is 132 cm³/mol. The lowest BCUT2D eigenvalue weighted by Gasteiger charge is -2.15. The number of aryl methyl sites for hydroxylation is 1. The highest BCUT2D eigenvalue weighted by Crippen LogP contribution is 2.36. The van der Waals surface area contributed by atoms with Crippen LogP contribution in [-0.4, -0.2) is 24.6 Å². The van der Waals surface area contributed by atoms with Gasteiger partial charge in [-0.1, -0.05) is 30.3 Å². The summed E-state index contributed by atoms with van der Waals surface area (Å²) in [6, 6.07) is 17.8. The molecule has 2 aromatic heterocycles. The highest BCUT2D eigenvalue weighted by atomic mass is 32.1. The van der Waals surface area contributed by atoms with E-state index in [-0.39, 0.29) is 12.2 Å². The minimum absolute atomic E-state index is 0.222. The molecule has 1 atom stereocenters. The molecule has 0 aliphatic carbocycles. The largest absolute Gasteiger partial charge is 0.481 e. The molecule has 34 heavy (non-hydrogen) atoms. The molecule has 1 amide bonds. The van der Waals surface area contributed by atoms with Crippen molar-refractivity contribution in [3.63, 3.8) is 0 Å². The summed E-state index contributed by atoms with van der Waals surface area (Å²) < 4.78 is 16.2. The fraction of sp³-hybridized carbons (Fsp3) is 0.192. The molecular formula is C26H23NO6S.